The predicted octanol–water partition coefficient (Wildman–Crippen LogP) is 1.40. The van der Waals surface area contributed by atoms with Gasteiger partial charge in [-0.1, -0.05) is 0 Å². The fourth-order valence-electron chi connectivity index (χ4n) is 2.07. The minimum atomic E-state index is -0.228. The van der Waals surface area contributed by atoms with Gasteiger partial charge in [0.05, 0.1) is 17.8 Å². The van der Waals surface area contributed by atoms with Gasteiger partial charge in [-0.15, -0.1) is 0 Å². The van der Waals surface area contributed by atoms with E-state index in [4.69, 9.17) is 4.42 Å². The Bertz CT molecular complexity index is 480. The highest BCUT2D eigenvalue weighted by molar-refractivity contribution is 5.88. The molecule has 4 nitrogen and oxygen atoms in total. The van der Waals surface area contributed by atoms with E-state index in [1.54, 1.807) is 12.5 Å². The van der Waals surface area contributed by atoms with Gasteiger partial charge in [-0.3, -0.25) is 0 Å². The monoisotopic (exact) mass is 204 g/mol. The summed E-state index contributed by atoms with van der Waals surface area (Å²) in [6.45, 7) is 1.52. The van der Waals surface area contributed by atoms with Crippen LogP contribution in [0.4, 0.5) is 5.82 Å². The van der Waals surface area contributed by atoms with Crippen molar-refractivity contribution in [1.82, 2.24) is 4.98 Å². The molecule has 0 bridgehead atoms. The highest BCUT2D eigenvalue weighted by Gasteiger charge is 2.22. The molecule has 1 unspecified atom stereocenters. The molecule has 1 N–H and O–H groups in total. The van der Waals surface area contributed by atoms with Crippen molar-refractivity contribution >= 4 is 16.8 Å². The van der Waals surface area contributed by atoms with E-state index < -0.39 is 0 Å². The fourth-order valence-corrected chi connectivity index (χ4v) is 2.07. The molecule has 3 rings (SSSR count). The molecule has 3 heterocycles. The van der Waals surface area contributed by atoms with Gasteiger partial charge in [0.25, 0.3) is 0 Å². The van der Waals surface area contributed by atoms with Gasteiger partial charge in [-0.05, 0) is 18.6 Å². The summed E-state index contributed by atoms with van der Waals surface area (Å²) in [6.07, 6.45) is 4.00. The van der Waals surface area contributed by atoms with Gasteiger partial charge in [0.15, 0.2) is 0 Å². The lowest BCUT2D eigenvalue weighted by Crippen LogP contribution is -2.22. The van der Waals surface area contributed by atoms with Crippen LogP contribution in [0.5, 0.6) is 0 Å². The van der Waals surface area contributed by atoms with Gasteiger partial charge < -0.3 is 14.4 Å². The first-order valence-electron chi connectivity index (χ1n) is 5.10. The summed E-state index contributed by atoms with van der Waals surface area (Å²) in [5.74, 6) is 0.915. The van der Waals surface area contributed by atoms with Crippen molar-refractivity contribution in [3.63, 3.8) is 0 Å². The molecule has 0 amide bonds. The standard InChI is InChI=1S/C11H12N2O2/c14-8-2-5-13(7-8)11-9-3-6-15-10(9)1-4-12-11/h1,3-4,6,8,14H,2,5,7H2. The maximum absolute atomic E-state index is 9.49. The zero-order valence-corrected chi connectivity index (χ0v) is 8.26. The minimum Gasteiger partial charge on any atom is -0.464 e. The normalized spacial score (nSPS) is 21.4. The molecular formula is C11H12N2O2. The van der Waals surface area contributed by atoms with Crippen LogP contribution in [0.15, 0.2) is 29.0 Å². The van der Waals surface area contributed by atoms with E-state index in [2.05, 4.69) is 9.88 Å². The van der Waals surface area contributed by atoms with E-state index in [0.29, 0.717) is 6.54 Å². The molecule has 0 radical (unpaired) electrons. The lowest BCUT2D eigenvalue weighted by Gasteiger charge is -2.16. The third-order valence-corrected chi connectivity index (χ3v) is 2.82. The van der Waals surface area contributed by atoms with Gasteiger partial charge in [-0.2, -0.15) is 0 Å². The first-order chi connectivity index (χ1) is 7.34. The smallest absolute Gasteiger partial charge is 0.139 e. The van der Waals surface area contributed by atoms with Crippen LogP contribution in [0.3, 0.4) is 0 Å². The summed E-state index contributed by atoms with van der Waals surface area (Å²) in [4.78, 5) is 6.45. The molecule has 1 aliphatic heterocycles. The Morgan fingerprint density at radius 2 is 2.40 bits per heavy atom. The largest absolute Gasteiger partial charge is 0.464 e. The predicted molar refractivity (Wildman–Crippen MR) is 56.8 cm³/mol. The number of aliphatic hydroxyl groups is 1. The third-order valence-electron chi connectivity index (χ3n) is 2.82. The Kier molecular flexibility index (Phi) is 1.89. The van der Waals surface area contributed by atoms with Gasteiger partial charge in [0, 0.05) is 19.3 Å². The average Bonchev–Trinajstić information content (AvgIpc) is 2.84. The minimum absolute atomic E-state index is 0.228. The summed E-state index contributed by atoms with van der Waals surface area (Å²) in [5.41, 5.74) is 0.849. The molecule has 2 aromatic heterocycles. The van der Waals surface area contributed by atoms with Crippen LogP contribution in [-0.2, 0) is 0 Å². The van der Waals surface area contributed by atoms with E-state index in [1.807, 2.05) is 12.1 Å². The zero-order valence-electron chi connectivity index (χ0n) is 8.26. The number of aromatic nitrogens is 1. The van der Waals surface area contributed by atoms with Crippen LogP contribution in [0.2, 0.25) is 0 Å². The maximum Gasteiger partial charge on any atom is 0.139 e. The number of nitrogens with zero attached hydrogens (tertiary/aromatic N) is 2. The molecular weight excluding hydrogens is 192 g/mol. The Morgan fingerprint density at radius 3 is 3.20 bits per heavy atom. The average molecular weight is 204 g/mol. The highest BCUT2D eigenvalue weighted by Crippen LogP contribution is 2.27. The van der Waals surface area contributed by atoms with Crippen LogP contribution in [0.1, 0.15) is 6.42 Å². The number of hydrogen-bond donors (Lipinski definition) is 1. The van der Waals surface area contributed by atoms with Crippen LogP contribution in [0.25, 0.3) is 11.0 Å². The third kappa shape index (κ3) is 1.37. The van der Waals surface area contributed by atoms with Crippen LogP contribution in [-0.4, -0.2) is 29.3 Å². The second-order valence-corrected chi connectivity index (χ2v) is 3.86. The SMILES string of the molecule is OC1CCN(c2nccc3occc23)C1. The number of anilines is 1. The summed E-state index contributed by atoms with van der Waals surface area (Å²) >= 11 is 0. The quantitative estimate of drug-likeness (QED) is 0.762. The number of fused-ring (bicyclic) bond motifs is 1. The van der Waals surface area contributed by atoms with E-state index in [0.717, 1.165) is 29.8 Å². The second-order valence-electron chi connectivity index (χ2n) is 3.86. The summed E-state index contributed by atoms with van der Waals surface area (Å²) in [5, 5.41) is 10.5. The molecule has 1 fully saturated rings. The van der Waals surface area contributed by atoms with Crippen LogP contribution < -0.4 is 4.90 Å². The highest BCUT2D eigenvalue weighted by atomic mass is 16.3. The van der Waals surface area contributed by atoms with Gasteiger partial charge >= 0.3 is 0 Å². The number of β-amino-alcohol motifs (C(OH)–C–C–N with tert-alkyl or cyclic N) is 1. The van der Waals surface area contributed by atoms with E-state index >= 15 is 0 Å². The molecule has 2 aromatic rings. The van der Waals surface area contributed by atoms with Gasteiger partial charge in [0.1, 0.15) is 11.4 Å². The molecule has 78 valence electrons. The molecule has 0 spiro atoms. The van der Waals surface area contributed by atoms with Crippen molar-refractivity contribution < 1.29 is 9.52 Å². The van der Waals surface area contributed by atoms with Gasteiger partial charge in [0.2, 0.25) is 0 Å². The Labute approximate surface area is 87.1 Å². The molecule has 0 saturated carbocycles. The number of pyridine rings is 1. The molecule has 1 aliphatic rings. The summed E-state index contributed by atoms with van der Waals surface area (Å²) < 4.78 is 5.32. The Morgan fingerprint density at radius 1 is 1.47 bits per heavy atom. The van der Waals surface area contributed by atoms with E-state index in [-0.39, 0.29) is 6.10 Å². The first kappa shape index (κ1) is 8.73. The maximum atomic E-state index is 9.49. The lowest BCUT2D eigenvalue weighted by molar-refractivity contribution is 0.198. The number of furan rings is 1. The van der Waals surface area contributed by atoms with Crippen LogP contribution in [0, 0.1) is 0 Å². The molecule has 0 aliphatic carbocycles. The molecule has 4 heteroatoms. The number of aliphatic hydroxyl groups excluding tert-OH is 1. The lowest BCUT2D eigenvalue weighted by atomic mass is 10.3. The number of rotatable bonds is 1. The van der Waals surface area contributed by atoms with E-state index in [9.17, 15) is 5.11 Å². The summed E-state index contributed by atoms with van der Waals surface area (Å²) in [7, 11) is 0. The van der Waals surface area contributed by atoms with Crippen molar-refractivity contribution in [2.75, 3.05) is 18.0 Å². The van der Waals surface area contributed by atoms with E-state index in [1.165, 1.54) is 0 Å². The number of hydrogen-bond acceptors (Lipinski definition) is 4. The van der Waals surface area contributed by atoms with Crippen molar-refractivity contribution in [2.24, 2.45) is 0 Å². The molecule has 15 heavy (non-hydrogen) atoms. The van der Waals surface area contributed by atoms with Gasteiger partial charge in [-0.25, -0.2) is 4.98 Å². The topological polar surface area (TPSA) is 49.5 Å². The molecule has 1 atom stereocenters. The fraction of sp³-hybridized carbons (Fsp3) is 0.364. The first-order valence-corrected chi connectivity index (χ1v) is 5.10. The molecule has 1 saturated heterocycles. The van der Waals surface area contributed by atoms with Crippen molar-refractivity contribution in [1.29, 1.82) is 0 Å². The van der Waals surface area contributed by atoms with Crippen molar-refractivity contribution in [3.8, 4) is 0 Å². The van der Waals surface area contributed by atoms with Crippen molar-refractivity contribution in [2.45, 2.75) is 12.5 Å². The van der Waals surface area contributed by atoms with Crippen LogP contribution >= 0.6 is 0 Å². The zero-order chi connectivity index (χ0) is 10.3. The molecule has 0 aromatic carbocycles. The second kappa shape index (κ2) is 3.24. The van der Waals surface area contributed by atoms with Crippen molar-refractivity contribution in [3.05, 3.63) is 24.6 Å². The Balaban J connectivity index is 2.06. The Hall–Kier alpha value is -1.55. The summed E-state index contributed by atoms with van der Waals surface area (Å²) in [6, 6.07) is 3.77.